The van der Waals surface area contributed by atoms with Crippen LogP contribution in [0, 0.1) is 20.8 Å². The van der Waals surface area contributed by atoms with Crippen molar-refractivity contribution in [1.29, 1.82) is 0 Å². The summed E-state index contributed by atoms with van der Waals surface area (Å²) in [5, 5.41) is 9.32. The minimum Gasteiger partial charge on any atom is -0.396 e. The van der Waals surface area contributed by atoms with Gasteiger partial charge in [-0.1, -0.05) is 102 Å². The fourth-order valence-electron chi connectivity index (χ4n) is 5.12. The molecule has 0 aliphatic heterocycles. The van der Waals surface area contributed by atoms with E-state index in [0.29, 0.717) is 6.42 Å². The van der Waals surface area contributed by atoms with Crippen LogP contribution < -0.4 is 4.90 Å². The van der Waals surface area contributed by atoms with E-state index in [9.17, 15) is 5.11 Å². The van der Waals surface area contributed by atoms with Gasteiger partial charge in [0.2, 0.25) is 0 Å². The molecular weight excluding hydrogens is 474 g/mol. The number of hydrogen-bond acceptors (Lipinski definition) is 2. The van der Waals surface area contributed by atoms with Gasteiger partial charge in [0.05, 0.1) is 0 Å². The molecule has 0 amide bonds. The maximum Gasteiger partial charge on any atom is 0.0471 e. The van der Waals surface area contributed by atoms with Gasteiger partial charge in [-0.2, -0.15) is 0 Å². The predicted octanol–water partition coefficient (Wildman–Crippen LogP) is 8.99. The van der Waals surface area contributed by atoms with E-state index >= 15 is 0 Å². The molecular formula is C37H37NO. The van der Waals surface area contributed by atoms with Crippen molar-refractivity contribution in [2.45, 2.75) is 39.5 Å². The normalized spacial score (nSPS) is 11.8. The van der Waals surface area contributed by atoms with Crippen molar-refractivity contribution in [2.24, 2.45) is 0 Å². The Morgan fingerprint density at radius 3 is 1.28 bits per heavy atom. The third-order valence-corrected chi connectivity index (χ3v) is 7.48. The number of aliphatic hydroxyl groups excluding tert-OH is 1. The first-order valence-corrected chi connectivity index (χ1v) is 13.8. The molecule has 0 bridgehead atoms. The van der Waals surface area contributed by atoms with E-state index < -0.39 is 0 Å². The van der Waals surface area contributed by atoms with Crippen LogP contribution in [0.1, 0.15) is 44.9 Å². The van der Waals surface area contributed by atoms with E-state index in [1.54, 1.807) is 0 Å². The fourth-order valence-corrected chi connectivity index (χ4v) is 5.12. The van der Waals surface area contributed by atoms with Gasteiger partial charge >= 0.3 is 0 Å². The number of hydrogen-bond donors (Lipinski definition) is 1. The Hall–Kier alpha value is -4.14. The molecule has 5 aromatic rings. The van der Waals surface area contributed by atoms with Crippen LogP contribution in [0.2, 0.25) is 0 Å². The van der Waals surface area contributed by atoms with Crippen molar-refractivity contribution in [3.05, 3.63) is 160 Å². The molecule has 0 aliphatic carbocycles. The summed E-state index contributed by atoms with van der Waals surface area (Å²) in [4.78, 5) is 2.32. The highest BCUT2D eigenvalue weighted by Crippen LogP contribution is 2.36. The molecule has 196 valence electrons. The van der Waals surface area contributed by atoms with E-state index in [1.165, 1.54) is 38.9 Å². The van der Waals surface area contributed by atoms with Gasteiger partial charge < -0.3 is 10.0 Å². The maximum absolute atomic E-state index is 9.32. The molecule has 0 aromatic heterocycles. The lowest BCUT2D eigenvalue weighted by Crippen LogP contribution is -2.10. The zero-order chi connectivity index (χ0) is 27.2. The second-order valence-corrected chi connectivity index (χ2v) is 10.6. The van der Waals surface area contributed by atoms with Gasteiger partial charge in [0.1, 0.15) is 0 Å². The van der Waals surface area contributed by atoms with Crippen molar-refractivity contribution < 1.29 is 5.11 Å². The third-order valence-electron chi connectivity index (χ3n) is 7.48. The van der Waals surface area contributed by atoms with Gasteiger partial charge in [0.25, 0.3) is 0 Å². The Balaban J connectivity index is 1.46. The standard InChI is InChI=1S/C37H37NO/c1-27-4-14-32(15-5-27)37(33-16-10-30(11-17-33)24-25-39)26-31-12-22-36(23-13-31)38(34-18-6-28(2)7-19-34)35-20-8-29(3)9-21-35/h4-23,37,39H,24-26H2,1-3H3. The molecule has 5 aromatic carbocycles. The number of aliphatic hydroxyl groups is 1. The summed E-state index contributed by atoms with van der Waals surface area (Å²) in [6, 6.07) is 44.1. The van der Waals surface area contributed by atoms with Crippen LogP contribution in [0.4, 0.5) is 17.1 Å². The summed E-state index contributed by atoms with van der Waals surface area (Å²) in [6.07, 6.45) is 1.60. The number of nitrogens with zero attached hydrogens (tertiary/aromatic N) is 1. The van der Waals surface area contributed by atoms with Crippen LogP contribution in [0.15, 0.2) is 121 Å². The lowest BCUT2D eigenvalue weighted by Gasteiger charge is -2.26. The highest BCUT2D eigenvalue weighted by Gasteiger charge is 2.17. The summed E-state index contributed by atoms with van der Waals surface area (Å²) >= 11 is 0. The number of anilines is 3. The predicted molar refractivity (Wildman–Crippen MR) is 165 cm³/mol. The highest BCUT2D eigenvalue weighted by atomic mass is 16.2. The Bertz CT molecular complexity index is 1420. The van der Waals surface area contributed by atoms with E-state index in [2.05, 4.69) is 147 Å². The summed E-state index contributed by atoms with van der Waals surface area (Å²) in [5.41, 5.74) is 12.3. The van der Waals surface area contributed by atoms with Crippen molar-refractivity contribution in [2.75, 3.05) is 11.5 Å². The molecule has 2 heteroatoms. The Morgan fingerprint density at radius 2 is 0.846 bits per heavy atom. The van der Waals surface area contributed by atoms with E-state index in [-0.39, 0.29) is 12.5 Å². The maximum atomic E-state index is 9.32. The number of aryl methyl sites for hydroxylation is 3. The first-order valence-electron chi connectivity index (χ1n) is 13.8. The average molecular weight is 512 g/mol. The lowest BCUT2D eigenvalue weighted by molar-refractivity contribution is 0.299. The molecule has 0 saturated heterocycles. The molecule has 39 heavy (non-hydrogen) atoms. The van der Waals surface area contributed by atoms with E-state index in [4.69, 9.17) is 0 Å². The van der Waals surface area contributed by atoms with Gasteiger partial charge in [-0.05, 0) is 92.3 Å². The molecule has 1 N–H and O–H groups in total. The molecule has 0 aliphatic rings. The SMILES string of the molecule is Cc1ccc(C(Cc2ccc(N(c3ccc(C)cc3)c3ccc(C)cc3)cc2)c2ccc(CCO)cc2)cc1. The summed E-state index contributed by atoms with van der Waals surface area (Å²) in [7, 11) is 0. The molecule has 0 spiro atoms. The summed E-state index contributed by atoms with van der Waals surface area (Å²) in [6.45, 7) is 6.56. The zero-order valence-corrected chi connectivity index (χ0v) is 23.1. The Morgan fingerprint density at radius 1 is 0.487 bits per heavy atom. The van der Waals surface area contributed by atoms with Crippen LogP contribution in [-0.2, 0) is 12.8 Å². The van der Waals surface area contributed by atoms with Gasteiger partial charge in [-0.3, -0.25) is 0 Å². The van der Waals surface area contributed by atoms with Crippen LogP contribution in [0.3, 0.4) is 0 Å². The first kappa shape index (κ1) is 26.5. The van der Waals surface area contributed by atoms with Gasteiger partial charge in [-0.15, -0.1) is 0 Å². The van der Waals surface area contributed by atoms with Crippen molar-refractivity contribution in [3.63, 3.8) is 0 Å². The van der Waals surface area contributed by atoms with E-state index in [1.807, 2.05) is 0 Å². The van der Waals surface area contributed by atoms with Crippen LogP contribution >= 0.6 is 0 Å². The van der Waals surface area contributed by atoms with Crippen molar-refractivity contribution in [1.82, 2.24) is 0 Å². The second kappa shape index (κ2) is 12.1. The number of rotatable bonds is 9. The van der Waals surface area contributed by atoms with Crippen LogP contribution in [0.5, 0.6) is 0 Å². The van der Waals surface area contributed by atoms with Crippen molar-refractivity contribution >= 4 is 17.1 Å². The van der Waals surface area contributed by atoms with Crippen molar-refractivity contribution in [3.8, 4) is 0 Å². The largest absolute Gasteiger partial charge is 0.396 e. The smallest absolute Gasteiger partial charge is 0.0471 e. The van der Waals surface area contributed by atoms with Crippen LogP contribution in [0.25, 0.3) is 0 Å². The average Bonchev–Trinajstić information content (AvgIpc) is 2.96. The van der Waals surface area contributed by atoms with Gasteiger partial charge in [0, 0.05) is 29.6 Å². The van der Waals surface area contributed by atoms with Gasteiger partial charge in [-0.25, -0.2) is 0 Å². The molecule has 0 saturated carbocycles. The molecule has 0 heterocycles. The monoisotopic (exact) mass is 511 g/mol. The molecule has 0 fully saturated rings. The second-order valence-electron chi connectivity index (χ2n) is 10.6. The molecule has 5 rings (SSSR count). The first-order chi connectivity index (χ1) is 19.0. The Kier molecular flexibility index (Phi) is 8.24. The highest BCUT2D eigenvalue weighted by molar-refractivity contribution is 5.76. The zero-order valence-electron chi connectivity index (χ0n) is 23.1. The van der Waals surface area contributed by atoms with E-state index in [0.717, 1.165) is 23.5 Å². The third kappa shape index (κ3) is 6.47. The van der Waals surface area contributed by atoms with Crippen LogP contribution in [-0.4, -0.2) is 11.7 Å². The quantitative estimate of drug-likeness (QED) is 0.213. The minimum absolute atomic E-state index is 0.176. The molecule has 0 radical (unpaired) electrons. The lowest BCUT2D eigenvalue weighted by atomic mass is 9.85. The summed E-state index contributed by atoms with van der Waals surface area (Å²) in [5.74, 6) is 0.255. The minimum atomic E-state index is 0.176. The molecule has 1 unspecified atom stereocenters. The molecule has 2 nitrogen and oxygen atoms in total. The number of benzene rings is 5. The summed E-state index contributed by atoms with van der Waals surface area (Å²) < 4.78 is 0. The van der Waals surface area contributed by atoms with Gasteiger partial charge in [0.15, 0.2) is 0 Å². The Labute approximate surface area is 233 Å². The fraction of sp³-hybridized carbons (Fsp3) is 0.189. The molecule has 1 atom stereocenters. The topological polar surface area (TPSA) is 23.5 Å².